The normalized spacial score (nSPS) is 17.9. The molecule has 6 heteroatoms. The van der Waals surface area contributed by atoms with Crippen LogP contribution in [0.4, 0.5) is 0 Å². The zero-order valence-electron chi connectivity index (χ0n) is 17.2. The molecule has 154 valence electrons. The van der Waals surface area contributed by atoms with Gasteiger partial charge < -0.3 is 20.3 Å². The number of nitrogens with one attached hydrogen (secondary N) is 2. The van der Waals surface area contributed by atoms with Crippen molar-refractivity contribution in [3.05, 3.63) is 29.8 Å². The Morgan fingerprint density at radius 1 is 1.30 bits per heavy atom. The van der Waals surface area contributed by atoms with Crippen LogP contribution in [0.25, 0.3) is 0 Å². The molecular weight excluding hydrogens is 451 g/mol. The molecule has 1 aromatic carbocycles. The first kappa shape index (κ1) is 24.0. The van der Waals surface area contributed by atoms with Gasteiger partial charge in [0, 0.05) is 19.6 Å². The second-order valence-electron chi connectivity index (χ2n) is 7.23. The van der Waals surface area contributed by atoms with Gasteiger partial charge in [0.2, 0.25) is 0 Å². The molecule has 0 aliphatic carbocycles. The molecule has 2 rings (SSSR count). The summed E-state index contributed by atoms with van der Waals surface area (Å²) in [6, 6.07) is 8.08. The first-order chi connectivity index (χ1) is 12.7. The molecule has 1 saturated heterocycles. The van der Waals surface area contributed by atoms with E-state index >= 15 is 0 Å². The van der Waals surface area contributed by atoms with Gasteiger partial charge in [0.1, 0.15) is 5.75 Å². The van der Waals surface area contributed by atoms with Gasteiger partial charge in [-0.3, -0.25) is 0 Å². The second-order valence-corrected chi connectivity index (χ2v) is 7.23. The maximum absolute atomic E-state index is 5.27. The van der Waals surface area contributed by atoms with E-state index in [9.17, 15) is 0 Å². The zero-order chi connectivity index (χ0) is 18.6. The molecule has 0 amide bonds. The van der Waals surface area contributed by atoms with Crippen LogP contribution < -0.4 is 15.4 Å². The highest BCUT2D eigenvalue weighted by atomic mass is 127. The van der Waals surface area contributed by atoms with Gasteiger partial charge in [0.05, 0.1) is 13.7 Å². The zero-order valence-corrected chi connectivity index (χ0v) is 19.5. The van der Waals surface area contributed by atoms with E-state index in [1.807, 2.05) is 18.2 Å². The second kappa shape index (κ2) is 14.0. The third-order valence-corrected chi connectivity index (χ3v) is 4.83. The minimum atomic E-state index is 0. The lowest BCUT2D eigenvalue weighted by Gasteiger charge is -2.30. The van der Waals surface area contributed by atoms with Crippen molar-refractivity contribution in [2.24, 2.45) is 10.9 Å². The molecule has 5 nitrogen and oxygen atoms in total. The predicted molar refractivity (Wildman–Crippen MR) is 125 cm³/mol. The monoisotopic (exact) mass is 488 g/mol. The van der Waals surface area contributed by atoms with Crippen LogP contribution in [-0.2, 0) is 6.54 Å². The van der Waals surface area contributed by atoms with E-state index < -0.39 is 0 Å². The van der Waals surface area contributed by atoms with E-state index in [0.29, 0.717) is 6.54 Å². The number of ether oxygens (including phenoxy) is 1. The number of aliphatic imine (C=N–C) groups is 1. The van der Waals surface area contributed by atoms with Crippen LogP contribution in [0.3, 0.4) is 0 Å². The van der Waals surface area contributed by atoms with Gasteiger partial charge in [-0.25, -0.2) is 4.99 Å². The number of unbranched alkanes of at least 4 members (excludes halogenated alkanes) is 1. The smallest absolute Gasteiger partial charge is 0.191 e. The number of likely N-dealkylation sites (tertiary alicyclic amines) is 1. The number of hydrogen-bond acceptors (Lipinski definition) is 3. The van der Waals surface area contributed by atoms with Gasteiger partial charge >= 0.3 is 0 Å². The Morgan fingerprint density at radius 3 is 2.89 bits per heavy atom. The van der Waals surface area contributed by atoms with Crippen molar-refractivity contribution in [1.82, 2.24) is 15.5 Å². The maximum atomic E-state index is 5.27. The number of nitrogens with zero attached hydrogens (tertiary/aromatic N) is 2. The van der Waals surface area contributed by atoms with Crippen LogP contribution in [0.2, 0.25) is 0 Å². The summed E-state index contributed by atoms with van der Waals surface area (Å²) in [6.45, 7) is 10.7. The fourth-order valence-electron chi connectivity index (χ4n) is 3.44. The Labute approximate surface area is 182 Å². The van der Waals surface area contributed by atoms with Crippen LogP contribution >= 0.6 is 24.0 Å². The summed E-state index contributed by atoms with van der Waals surface area (Å²) in [5, 5.41) is 6.78. The Hall–Kier alpha value is -1.02. The molecule has 1 aliphatic rings. The van der Waals surface area contributed by atoms with Crippen molar-refractivity contribution in [3.8, 4) is 5.75 Å². The molecule has 0 saturated carbocycles. The van der Waals surface area contributed by atoms with Crippen LogP contribution in [0.15, 0.2) is 29.3 Å². The number of rotatable bonds is 9. The van der Waals surface area contributed by atoms with Crippen LogP contribution in [0, 0.1) is 5.92 Å². The van der Waals surface area contributed by atoms with Crippen LogP contribution in [0.1, 0.15) is 45.1 Å². The average Bonchev–Trinajstić information content (AvgIpc) is 2.66. The molecule has 1 unspecified atom stereocenters. The molecule has 0 spiro atoms. The minimum Gasteiger partial charge on any atom is -0.497 e. The van der Waals surface area contributed by atoms with E-state index in [1.54, 1.807) is 7.11 Å². The highest BCUT2D eigenvalue weighted by Crippen LogP contribution is 2.15. The number of hydrogen-bond donors (Lipinski definition) is 2. The molecule has 1 atom stereocenters. The summed E-state index contributed by atoms with van der Waals surface area (Å²) in [5.74, 6) is 2.63. The van der Waals surface area contributed by atoms with Gasteiger partial charge in [0.15, 0.2) is 5.96 Å². The lowest BCUT2D eigenvalue weighted by Crippen LogP contribution is -2.38. The van der Waals surface area contributed by atoms with Crippen molar-refractivity contribution in [3.63, 3.8) is 0 Å². The van der Waals surface area contributed by atoms with E-state index in [2.05, 4.69) is 40.4 Å². The van der Waals surface area contributed by atoms with Gasteiger partial charge in [-0.15, -0.1) is 24.0 Å². The number of benzene rings is 1. The molecular formula is C21H37IN4O. The largest absolute Gasteiger partial charge is 0.497 e. The fraction of sp³-hybridized carbons (Fsp3) is 0.667. The number of piperidine rings is 1. The summed E-state index contributed by atoms with van der Waals surface area (Å²) < 4.78 is 5.27. The lowest BCUT2D eigenvalue weighted by atomic mass is 10.0. The average molecular weight is 488 g/mol. The van der Waals surface area contributed by atoms with Gasteiger partial charge in [-0.2, -0.15) is 0 Å². The van der Waals surface area contributed by atoms with Crippen LogP contribution in [0.5, 0.6) is 5.75 Å². The molecule has 1 aliphatic heterocycles. The summed E-state index contributed by atoms with van der Waals surface area (Å²) >= 11 is 0. The standard InChI is InChI=1S/C21H36N4O.HI/c1-4-22-21(24-16-19-10-7-11-20(15-19)26-3)23-12-5-6-13-25-14-8-9-18(2)17-25;/h7,10-11,15,18H,4-6,8-9,12-14,16-17H2,1-3H3,(H2,22,23,24);1H. The van der Waals surface area contributed by atoms with Gasteiger partial charge in [-0.1, -0.05) is 19.1 Å². The van der Waals surface area contributed by atoms with Crippen molar-refractivity contribution in [1.29, 1.82) is 0 Å². The first-order valence-electron chi connectivity index (χ1n) is 10.1. The highest BCUT2D eigenvalue weighted by Gasteiger charge is 2.15. The van der Waals surface area contributed by atoms with E-state index in [4.69, 9.17) is 4.74 Å². The summed E-state index contributed by atoms with van der Waals surface area (Å²) in [5.41, 5.74) is 1.15. The van der Waals surface area contributed by atoms with Crippen molar-refractivity contribution in [2.45, 2.75) is 46.1 Å². The quantitative estimate of drug-likeness (QED) is 0.240. The summed E-state index contributed by atoms with van der Waals surface area (Å²) in [4.78, 5) is 7.31. The maximum Gasteiger partial charge on any atom is 0.191 e. The molecule has 0 bridgehead atoms. The van der Waals surface area contributed by atoms with Crippen LogP contribution in [-0.4, -0.2) is 50.7 Å². The Morgan fingerprint density at radius 2 is 2.15 bits per heavy atom. The fourth-order valence-corrected chi connectivity index (χ4v) is 3.44. The Kier molecular flexibility index (Phi) is 12.5. The van der Waals surface area contributed by atoms with Crippen molar-refractivity contribution in [2.75, 3.05) is 39.8 Å². The molecule has 2 N–H and O–H groups in total. The SMILES string of the molecule is CCNC(=NCc1cccc(OC)c1)NCCCCN1CCCC(C)C1.I. The highest BCUT2D eigenvalue weighted by molar-refractivity contribution is 14.0. The number of halogens is 1. The number of guanidine groups is 1. The molecule has 0 aromatic heterocycles. The van der Waals surface area contributed by atoms with Crippen molar-refractivity contribution < 1.29 is 4.74 Å². The van der Waals surface area contributed by atoms with Crippen molar-refractivity contribution >= 4 is 29.9 Å². The van der Waals surface area contributed by atoms with E-state index in [0.717, 1.165) is 36.3 Å². The molecule has 0 radical (unpaired) electrons. The molecule has 27 heavy (non-hydrogen) atoms. The first-order valence-corrected chi connectivity index (χ1v) is 10.1. The molecule has 1 heterocycles. The molecule has 1 aromatic rings. The third kappa shape index (κ3) is 9.65. The number of methoxy groups -OCH3 is 1. The molecule has 1 fully saturated rings. The minimum absolute atomic E-state index is 0. The summed E-state index contributed by atoms with van der Waals surface area (Å²) in [7, 11) is 1.69. The predicted octanol–water partition coefficient (Wildman–Crippen LogP) is 3.88. The lowest BCUT2D eigenvalue weighted by molar-refractivity contribution is 0.181. The Balaban J connectivity index is 0.00000364. The van der Waals surface area contributed by atoms with Gasteiger partial charge in [0.25, 0.3) is 0 Å². The van der Waals surface area contributed by atoms with E-state index in [-0.39, 0.29) is 24.0 Å². The third-order valence-electron chi connectivity index (χ3n) is 4.83. The van der Waals surface area contributed by atoms with Gasteiger partial charge in [-0.05, 0) is 69.3 Å². The topological polar surface area (TPSA) is 48.9 Å². The summed E-state index contributed by atoms with van der Waals surface area (Å²) in [6.07, 6.45) is 5.18. The Bertz CT molecular complexity index is 553. The van der Waals surface area contributed by atoms with E-state index in [1.165, 1.54) is 45.3 Å².